The minimum atomic E-state index is -0.569. The zero-order valence-electron chi connectivity index (χ0n) is 15.6. The molecule has 9 nitrogen and oxygen atoms in total. The van der Waals surface area contributed by atoms with Gasteiger partial charge in [0.1, 0.15) is 0 Å². The Bertz CT molecular complexity index is 765. The highest BCUT2D eigenvalue weighted by atomic mass is 35.5. The largest absolute Gasteiger partial charge is 0.351 e. The van der Waals surface area contributed by atoms with Crippen molar-refractivity contribution in [1.82, 2.24) is 25.8 Å². The Morgan fingerprint density at radius 3 is 2.50 bits per heavy atom. The van der Waals surface area contributed by atoms with Crippen molar-refractivity contribution in [3.8, 4) is 0 Å². The molecule has 1 heterocycles. The first-order valence-electron chi connectivity index (χ1n) is 8.62. The van der Waals surface area contributed by atoms with E-state index < -0.39 is 12.2 Å². The molecule has 0 radical (unpaired) electrons. The molecule has 0 aliphatic heterocycles. The molecule has 0 aliphatic rings. The molecule has 1 aromatic carbocycles. The lowest BCUT2D eigenvalue weighted by Gasteiger charge is -2.16. The number of hydrogen-bond acceptors (Lipinski definition) is 7. The van der Waals surface area contributed by atoms with Gasteiger partial charge in [-0.15, -0.1) is 16.9 Å². The maximum Gasteiger partial charge on any atom is 0.291 e. The summed E-state index contributed by atoms with van der Waals surface area (Å²) in [5.74, 6) is -0.784. The van der Waals surface area contributed by atoms with E-state index >= 15 is 0 Å². The van der Waals surface area contributed by atoms with Crippen LogP contribution in [0, 0.1) is 0 Å². The number of carbonyl (C=O) groups excluding carboxylic acids is 2. The van der Waals surface area contributed by atoms with E-state index in [-0.39, 0.29) is 17.4 Å². The van der Waals surface area contributed by atoms with Crippen LogP contribution in [0.2, 0.25) is 5.02 Å². The number of carbonyl (C=O) groups is 2. The molecule has 2 amide bonds. The van der Waals surface area contributed by atoms with E-state index in [2.05, 4.69) is 21.2 Å². The number of rotatable bonds is 10. The summed E-state index contributed by atoms with van der Waals surface area (Å²) in [6.07, 6.45) is 0.979. The van der Waals surface area contributed by atoms with Crippen LogP contribution in [0.1, 0.15) is 24.3 Å². The highest BCUT2D eigenvalue weighted by molar-refractivity contribution is 8.00. The summed E-state index contributed by atoms with van der Waals surface area (Å²) in [6.45, 7) is 5.01. The van der Waals surface area contributed by atoms with Crippen molar-refractivity contribution in [2.75, 3.05) is 19.0 Å². The Balaban J connectivity index is 1.77. The first-order chi connectivity index (χ1) is 13.5. The maximum absolute atomic E-state index is 12.1. The maximum atomic E-state index is 12.1. The van der Waals surface area contributed by atoms with E-state index in [9.17, 15) is 9.59 Å². The van der Waals surface area contributed by atoms with Crippen molar-refractivity contribution in [1.29, 1.82) is 0 Å². The highest BCUT2D eigenvalue weighted by Crippen LogP contribution is 2.19. The number of nitrogens with zero attached hydrogens (tertiary/aromatic N) is 3. The lowest BCUT2D eigenvalue weighted by Crippen LogP contribution is -2.42. The molecule has 11 heteroatoms. The van der Waals surface area contributed by atoms with Gasteiger partial charge in [-0.2, -0.15) is 0 Å². The van der Waals surface area contributed by atoms with E-state index in [1.165, 1.54) is 22.6 Å². The van der Waals surface area contributed by atoms with Crippen molar-refractivity contribution < 1.29 is 19.1 Å². The fourth-order valence-corrected chi connectivity index (χ4v) is 2.90. The second-order valence-electron chi connectivity index (χ2n) is 5.41. The SMILES string of the molecule is CCOC(Cn1cc(C(=O)NNC(=O)CSc2ccc(Cl)cc2)nn1)OCC. The summed E-state index contributed by atoms with van der Waals surface area (Å²) < 4.78 is 12.3. The molecule has 0 saturated heterocycles. The zero-order valence-corrected chi connectivity index (χ0v) is 17.1. The first kappa shape index (κ1) is 22.2. The molecule has 0 fully saturated rings. The first-order valence-corrected chi connectivity index (χ1v) is 9.99. The van der Waals surface area contributed by atoms with Gasteiger partial charge in [0, 0.05) is 23.1 Å². The predicted molar refractivity (Wildman–Crippen MR) is 105 cm³/mol. The van der Waals surface area contributed by atoms with Gasteiger partial charge in [-0.1, -0.05) is 16.8 Å². The smallest absolute Gasteiger partial charge is 0.291 e. The monoisotopic (exact) mass is 427 g/mol. The van der Waals surface area contributed by atoms with Gasteiger partial charge in [0.2, 0.25) is 5.91 Å². The molecule has 2 N–H and O–H groups in total. The number of hydrazine groups is 1. The molecule has 0 spiro atoms. The Hall–Kier alpha value is -2.14. The summed E-state index contributed by atoms with van der Waals surface area (Å²) in [6, 6.07) is 7.12. The minimum absolute atomic E-state index is 0.0670. The van der Waals surface area contributed by atoms with E-state index in [0.29, 0.717) is 24.8 Å². The molecule has 0 aliphatic carbocycles. The van der Waals surface area contributed by atoms with Crippen molar-refractivity contribution in [3.63, 3.8) is 0 Å². The number of ether oxygens (including phenoxy) is 2. The summed E-state index contributed by atoms with van der Waals surface area (Å²) >= 11 is 7.14. The lowest BCUT2D eigenvalue weighted by atomic mass is 10.4. The quantitative estimate of drug-likeness (QED) is 0.338. The standard InChI is InChI=1S/C17H22ClN5O4S/c1-3-26-16(27-4-2)10-23-9-14(19-22-23)17(25)21-20-15(24)11-28-13-7-5-12(18)6-8-13/h5-9,16H,3-4,10-11H2,1-2H3,(H,20,24)(H,21,25). The van der Waals surface area contributed by atoms with Gasteiger partial charge in [-0.05, 0) is 38.1 Å². The van der Waals surface area contributed by atoms with Gasteiger partial charge < -0.3 is 9.47 Å². The highest BCUT2D eigenvalue weighted by Gasteiger charge is 2.15. The van der Waals surface area contributed by atoms with E-state index in [0.717, 1.165) is 4.90 Å². The Morgan fingerprint density at radius 1 is 1.18 bits per heavy atom. The molecule has 28 heavy (non-hydrogen) atoms. The van der Waals surface area contributed by atoms with Gasteiger partial charge in [0.05, 0.1) is 18.5 Å². The topological polar surface area (TPSA) is 107 Å². The van der Waals surface area contributed by atoms with Crippen molar-refractivity contribution in [2.24, 2.45) is 0 Å². The molecule has 2 rings (SSSR count). The van der Waals surface area contributed by atoms with Crippen LogP contribution in [0.4, 0.5) is 0 Å². The van der Waals surface area contributed by atoms with Crippen LogP contribution in [0.3, 0.4) is 0 Å². The van der Waals surface area contributed by atoms with Crippen LogP contribution in [0.5, 0.6) is 0 Å². The molecule has 0 saturated carbocycles. The van der Waals surface area contributed by atoms with Crippen LogP contribution in [0.25, 0.3) is 0 Å². The molecular weight excluding hydrogens is 406 g/mol. The predicted octanol–water partition coefficient (Wildman–Crippen LogP) is 1.88. The second kappa shape index (κ2) is 11.6. The summed E-state index contributed by atoms with van der Waals surface area (Å²) in [5.41, 5.74) is 4.72. The minimum Gasteiger partial charge on any atom is -0.351 e. The molecule has 2 aromatic rings. The number of benzene rings is 1. The molecule has 0 atom stereocenters. The average Bonchev–Trinajstić information content (AvgIpc) is 3.14. The molecule has 1 aromatic heterocycles. The number of halogens is 1. The molecule has 0 bridgehead atoms. The molecular formula is C17H22ClN5O4S. The van der Waals surface area contributed by atoms with Crippen molar-refractivity contribution >= 4 is 35.2 Å². The van der Waals surface area contributed by atoms with Gasteiger partial charge in [0.15, 0.2) is 12.0 Å². The number of hydrogen-bond donors (Lipinski definition) is 2. The van der Waals surface area contributed by atoms with E-state index in [4.69, 9.17) is 21.1 Å². The summed E-state index contributed by atoms with van der Waals surface area (Å²) in [5, 5.41) is 8.29. The summed E-state index contributed by atoms with van der Waals surface area (Å²) in [4.78, 5) is 24.8. The summed E-state index contributed by atoms with van der Waals surface area (Å²) in [7, 11) is 0. The van der Waals surface area contributed by atoms with Crippen LogP contribution in [-0.4, -0.2) is 52.1 Å². The number of nitrogens with one attached hydrogen (secondary N) is 2. The van der Waals surface area contributed by atoms with Gasteiger partial charge in [-0.25, -0.2) is 4.68 Å². The average molecular weight is 428 g/mol. The normalized spacial score (nSPS) is 10.9. The Morgan fingerprint density at radius 2 is 1.86 bits per heavy atom. The number of aromatic nitrogens is 3. The number of thioether (sulfide) groups is 1. The van der Waals surface area contributed by atoms with Gasteiger partial charge in [0.25, 0.3) is 5.91 Å². The van der Waals surface area contributed by atoms with Gasteiger partial charge >= 0.3 is 0 Å². The second-order valence-corrected chi connectivity index (χ2v) is 6.90. The van der Waals surface area contributed by atoms with Gasteiger partial charge in [-0.3, -0.25) is 20.4 Å². The zero-order chi connectivity index (χ0) is 20.4. The van der Waals surface area contributed by atoms with E-state index in [1.54, 1.807) is 12.1 Å². The fourth-order valence-electron chi connectivity index (χ4n) is 2.08. The third kappa shape index (κ3) is 7.47. The Labute approximate surface area is 172 Å². The molecule has 0 unspecified atom stereocenters. The third-order valence-corrected chi connectivity index (χ3v) is 4.58. The number of amides is 2. The third-order valence-electron chi connectivity index (χ3n) is 3.31. The van der Waals surface area contributed by atoms with Crippen molar-refractivity contribution in [3.05, 3.63) is 41.2 Å². The Kier molecular flexibility index (Phi) is 9.21. The van der Waals surface area contributed by atoms with Crippen LogP contribution in [0.15, 0.2) is 35.4 Å². The lowest BCUT2D eigenvalue weighted by molar-refractivity contribution is -0.145. The van der Waals surface area contributed by atoms with E-state index in [1.807, 2.05) is 26.0 Å². The van der Waals surface area contributed by atoms with Crippen LogP contribution < -0.4 is 10.9 Å². The fraction of sp³-hybridized carbons (Fsp3) is 0.412. The van der Waals surface area contributed by atoms with Crippen LogP contribution >= 0.6 is 23.4 Å². The van der Waals surface area contributed by atoms with Crippen LogP contribution in [-0.2, 0) is 20.8 Å². The van der Waals surface area contributed by atoms with Crippen molar-refractivity contribution in [2.45, 2.75) is 31.6 Å². The molecule has 152 valence electrons.